The van der Waals surface area contributed by atoms with E-state index in [1.165, 1.54) is 0 Å². The summed E-state index contributed by atoms with van der Waals surface area (Å²) in [7, 11) is 0. The molecule has 1 N–H and O–H groups in total. The molecule has 1 heterocycles. The first-order valence-electron chi connectivity index (χ1n) is 5.33. The topological polar surface area (TPSA) is 41.5 Å². The number of carbonyl (C=O) groups excluding carboxylic acids is 1. The zero-order valence-electron chi connectivity index (χ0n) is 9.50. The SMILES string of the molecule is CC(C)C1N=C(c2ccc(Cl)c(Cl)c2)NC1=O. The molecule has 1 aromatic carbocycles. The van der Waals surface area contributed by atoms with Crippen LogP contribution in [0.4, 0.5) is 0 Å². The lowest BCUT2D eigenvalue weighted by atomic mass is 10.1. The highest BCUT2D eigenvalue weighted by atomic mass is 35.5. The number of nitrogens with zero attached hydrogens (tertiary/aromatic N) is 1. The molecular formula is C12H12Cl2N2O. The summed E-state index contributed by atoms with van der Waals surface area (Å²) in [5, 5.41) is 3.70. The highest BCUT2D eigenvalue weighted by Gasteiger charge is 2.29. The summed E-state index contributed by atoms with van der Waals surface area (Å²) in [6.07, 6.45) is 0. The van der Waals surface area contributed by atoms with E-state index in [1.807, 2.05) is 13.8 Å². The fourth-order valence-electron chi connectivity index (χ4n) is 1.66. The lowest BCUT2D eigenvalue weighted by Crippen LogP contribution is -2.31. The van der Waals surface area contributed by atoms with Gasteiger partial charge >= 0.3 is 0 Å². The maximum atomic E-state index is 11.7. The van der Waals surface area contributed by atoms with Crippen LogP contribution in [-0.4, -0.2) is 17.8 Å². The Balaban J connectivity index is 2.32. The Bertz CT molecular complexity index is 497. The fourth-order valence-corrected chi connectivity index (χ4v) is 1.96. The molecule has 1 aliphatic heterocycles. The highest BCUT2D eigenvalue weighted by Crippen LogP contribution is 2.24. The van der Waals surface area contributed by atoms with E-state index in [9.17, 15) is 4.79 Å². The number of hydrogen-bond donors (Lipinski definition) is 1. The van der Waals surface area contributed by atoms with Crippen molar-refractivity contribution in [2.75, 3.05) is 0 Å². The number of hydrogen-bond acceptors (Lipinski definition) is 2. The lowest BCUT2D eigenvalue weighted by molar-refractivity contribution is -0.120. The predicted molar refractivity (Wildman–Crippen MR) is 69.8 cm³/mol. The molecule has 1 amide bonds. The van der Waals surface area contributed by atoms with E-state index in [0.717, 1.165) is 5.56 Å². The summed E-state index contributed by atoms with van der Waals surface area (Å²) >= 11 is 11.8. The summed E-state index contributed by atoms with van der Waals surface area (Å²) in [6.45, 7) is 3.93. The third-order valence-electron chi connectivity index (χ3n) is 2.60. The summed E-state index contributed by atoms with van der Waals surface area (Å²) in [5.74, 6) is 0.670. The van der Waals surface area contributed by atoms with Gasteiger partial charge in [0.2, 0.25) is 0 Å². The average Bonchev–Trinajstić information content (AvgIpc) is 2.64. The van der Waals surface area contributed by atoms with Gasteiger partial charge in [0.25, 0.3) is 5.91 Å². The van der Waals surface area contributed by atoms with Crippen molar-refractivity contribution in [1.29, 1.82) is 0 Å². The molecular weight excluding hydrogens is 259 g/mol. The summed E-state index contributed by atoms with van der Waals surface area (Å²) < 4.78 is 0. The minimum absolute atomic E-state index is 0.0685. The van der Waals surface area contributed by atoms with E-state index in [-0.39, 0.29) is 17.9 Å². The largest absolute Gasteiger partial charge is 0.309 e. The standard InChI is InChI=1S/C12H12Cl2N2O/c1-6(2)10-12(17)16-11(15-10)7-3-4-8(13)9(14)5-7/h3-6,10H,1-2H3,(H,15,16,17). The molecule has 0 bridgehead atoms. The Morgan fingerprint density at radius 2 is 2.00 bits per heavy atom. The second-order valence-corrected chi connectivity index (χ2v) is 5.10. The van der Waals surface area contributed by atoms with Gasteiger partial charge in [-0.05, 0) is 24.1 Å². The number of halogens is 2. The zero-order valence-corrected chi connectivity index (χ0v) is 11.0. The molecule has 1 aromatic rings. The van der Waals surface area contributed by atoms with E-state index < -0.39 is 0 Å². The van der Waals surface area contributed by atoms with Crippen LogP contribution in [0.2, 0.25) is 10.0 Å². The van der Waals surface area contributed by atoms with Crippen LogP contribution >= 0.6 is 23.2 Å². The molecule has 1 atom stereocenters. The second-order valence-electron chi connectivity index (χ2n) is 4.28. The molecule has 0 fully saturated rings. The molecule has 17 heavy (non-hydrogen) atoms. The van der Waals surface area contributed by atoms with Gasteiger partial charge < -0.3 is 5.32 Å². The molecule has 90 valence electrons. The highest BCUT2D eigenvalue weighted by molar-refractivity contribution is 6.42. The zero-order chi connectivity index (χ0) is 12.6. The van der Waals surface area contributed by atoms with E-state index in [2.05, 4.69) is 10.3 Å². The number of amides is 1. The van der Waals surface area contributed by atoms with Gasteiger partial charge in [-0.2, -0.15) is 0 Å². The Morgan fingerprint density at radius 1 is 1.29 bits per heavy atom. The van der Waals surface area contributed by atoms with E-state index in [0.29, 0.717) is 15.9 Å². The Hall–Kier alpha value is -1.06. The molecule has 5 heteroatoms. The minimum Gasteiger partial charge on any atom is -0.309 e. The van der Waals surface area contributed by atoms with Crippen LogP contribution in [0, 0.1) is 5.92 Å². The smallest absolute Gasteiger partial charge is 0.250 e. The normalized spacial score (nSPS) is 19.5. The van der Waals surface area contributed by atoms with Crippen LogP contribution in [0.25, 0.3) is 0 Å². The molecule has 0 aliphatic carbocycles. The first-order valence-corrected chi connectivity index (χ1v) is 6.08. The van der Waals surface area contributed by atoms with Crippen molar-refractivity contribution < 1.29 is 4.79 Å². The number of nitrogens with one attached hydrogen (secondary N) is 1. The van der Waals surface area contributed by atoms with Gasteiger partial charge in [-0.25, -0.2) is 0 Å². The van der Waals surface area contributed by atoms with Gasteiger partial charge in [-0.3, -0.25) is 9.79 Å². The molecule has 0 aromatic heterocycles. The monoisotopic (exact) mass is 270 g/mol. The maximum Gasteiger partial charge on any atom is 0.250 e. The first kappa shape index (κ1) is 12.4. The quantitative estimate of drug-likeness (QED) is 0.882. The number of benzene rings is 1. The van der Waals surface area contributed by atoms with Gasteiger partial charge in [0.1, 0.15) is 11.9 Å². The number of aliphatic imine (C=N–C) groups is 1. The second kappa shape index (κ2) is 4.67. The lowest BCUT2D eigenvalue weighted by Gasteiger charge is -2.06. The molecule has 1 aliphatic rings. The summed E-state index contributed by atoms with van der Waals surface area (Å²) in [6, 6.07) is 4.86. The van der Waals surface area contributed by atoms with Crippen LogP contribution in [0.1, 0.15) is 19.4 Å². The van der Waals surface area contributed by atoms with E-state index in [1.54, 1.807) is 18.2 Å². The number of rotatable bonds is 2. The van der Waals surface area contributed by atoms with Gasteiger partial charge in [0.05, 0.1) is 10.0 Å². The van der Waals surface area contributed by atoms with Crippen molar-refractivity contribution in [2.24, 2.45) is 10.9 Å². The van der Waals surface area contributed by atoms with Crippen LogP contribution in [-0.2, 0) is 4.79 Å². The molecule has 0 saturated carbocycles. The van der Waals surface area contributed by atoms with Crippen molar-refractivity contribution in [3.8, 4) is 0 Å². The Labute approximate surface area is 110 Å². The van der Waals surface area contributed by atoms with Crippen molar-refractivity contribution in [3.63, 3.8) is 0 Å². The van der Waals surface area contributed by atoms with Crippen molar-refractivity contribution in [3.05, 3.63) is 33.8 Å². The van der Waals surface area contributed by atoms with Crippen LogP contribution in [0.15, 0.2) is 23.2 Å². The van der Waals surface area contributed by atoms with E-state index >= 15 is 0 Å². The molecule has 3 nitrogen and oxygen atoms in total. The molecule has 0 saturated heterocycles. The number of carbonyl (C=O) groups is 1. The van der Waals surface area contributed by atoms with Gasteiger partial charge in [-0.15, -0.1) is 0 Å². The molecule has 2 rings (SSSR count). The van der Waals surface area contributed by atoms with Crippen molar-refractivity contribution >= 4 is 34.9 Å². The van der Waals surface area contributed by atoms with Gasteiger partial charge in [0.15, 0.2) is 0 Å². The summed E-state index contributed by atoms with van der Waals surface area (Å²) in [4.78, 5) is 16.0. The first-order chi connectivity index (χ1) is 7.99. The maximum absolute atomic E-state index is 11.7. The third kappa shape index (κ3) is 2.45. The average molecular weight is 271 g/mol. The van der Waals surface area contributed by atoms with Gasteiger partial charge in [-0.1, -0.05) is 37.0 Å². The molecule has 0 radical (unpaired) electrons. The molecule has 0 spiro atoms. The fraction of sp³-hybridized carbons (Fsp3) is 0.333. The third-order valence-corrected chi connectivity index (χ3v) is 3.34. The van der Waals surface area contributed by atoms with Crippen LogP contribution in [0.3, 0.4) is 0 Å². The van der Waals surface area contributed by atoms with Crippen LogP contribution < -0.4 is 5.32 Å². The van der Waals surface area contributed by atoms with Crippen molar-refractivity contribution in [2.45, 2.75) is 19.9 Å². The van der Waals surface area contributed by atoms with Gasteiger partial charge in [0, 0.05) is 5.56 Å². The Kier molecular flexibility index (Phi) is 3.40. The van der Waals surface area contributed by atoms with Crippen molar-refractivity contribution in [1.82, 2.24) is 5.32 Å². The summed E-state index contributed by atoms with van der Waals surface area (Å²) in [5.41, 5.74) is 0.774. The predicted octanol–water partition coefficient (Wildman–Crippen LogP) is 2.89. The van der Waals surface area contributed by atoms with E-state index in [4.69, 9.17) is 23.2 Å². The van der Waals surface area contributed by atoms with Crippen LogP contribution in [0.5, 0.6) is 0 Å². The minimum atomic E-state index is -0.320. The Morgan fingerprint density at radius 3 is 2.53 bits per heavy atom. The number of amidine groups is 1. The molecule has 1 unspecified atom stereocenters.